The molecule has 0 spiro atoms. The quantitative estimate of drug-likeness (QED) is 0.0240. The first-order valence-electron chi connectivity index (χ1n) is 37.2. The van der Waals surface area contributed by atoms with Gasteiger partial charge in [-0.1, -0.05) is 149 Å². The van der Waals surface area contributed by atoms with Crippen molar-refractivity contribution >= 4 is 8.32 Å². The third-order valence-electron chi connectivity index (χ3n) is 20.0. The second-order valence-corrected chi connectivity index (χ2v) is 35.7. The molecule has 99 heavy (non-hydrogen) atoms. The molecule has 0 aliphatic carbocycles. The summed E-state index contributed by atoms with van der Waals surface area (Å²) in [4.78, 5) is 0. The number of hydrogen-bond donors (Lipinski definition) is 5. The average molecular weight is 1420 g/mol. The Hall–Kier alpha value is -2.94. The minimum absolute atomic E-state index is 0.0410. The second-order valence-electron chi connectivity index (χ2n) is 30.9. The maximum absolute atomic E-state index is 9.80. The summed E-state index contributed by atoms with van der Waals surface area (Å²) in [5, 5.41) is 46.6. The molecule has 0 aromatic heterocycles. The molecule has 0 radical (unpaired) electrons. The lowest BCUT2D eigenvalue weighted by Crippen LogP contribution is -2.51. The van der Waals surface area contributed by atoms with Gasteiger partial charge in [-0.2, -0.15) is 0 Å². The van der Waals surface area contributed by atoms with Gasteiger partial charge in [-0.15, -0.1) is 13.2 Å². The number of methoxy groups -OCH3 is 4. The Labute approximate surface area is 610 Å². The number of epoxide rings is 2. The van der Waals surface area contributed by atoms with Crippen LogP contribution in [0.1, 0.15) is 273 Å². The van der Waals surface area contributed by atoms with Crippen LogP contribution < -0.4 is 0 Å². The number of allylic oxidation sites excluding steroid dienone is 11. The topological polar surface area (TPSA) is 191 Å². The van der Waals surface area contributed by atoms with E-state index in [1.165, 1.54) is 34.3 Å². The predicted molar refractivity (Wildman–Crippen MR) is 421 cm³/mol. The summed E-state index contributed by atoms with van der Waals surface area (Å²) in [5.41, 5.74) is 6.56. The Morgan fingerprint density at radius 1 is 0.606 bits per heavy atom. The van der Waals surface area contributed by atoms with Gasteiger partial charge in [0.25, 0.3) is 0 Å². The van der Waals surface area contributed by atoms with Crippen molar-refractivity contribution in [2.24, 2.45) is 0 Å². The van der Waals surface area contributed by atoms with Crippen LogP contribution in [0.2, 0.25) is 18.1 Å². The van der Waals surface area contributed by atoms with Crippen molar-refractivity contribution in [3.63, 3.8) is 0 Å². The van der Waals surface area contributed by atoms with Gasteiger partial charge in [-0.3, -0.25) is 0 Å². The van der Waals surface area contributed by atoms with E-state index in [2.05, 4.69) is 168 Å². The molecule has 14 nitrogen and oxygen atoms in total. The number of ether oxygens (including phenoxy) is 8. The maximum Gasteiger partial charge on any atom is 0.192 e. The standard InChI is InChI=1S/C16H34O2Si.C15H22O4.C12H24O2.C11H20O.C10H18O2.C10H20O2.C10H18O/c1-10-12-13-16(6,17-7)14(11-2)18-19(8,9)15(3,4)5;1-15(17-2)9-8-14(16)19-13(15)11-18-10-12-6-4-3-5-7-12;1-6-11(13)12(4,14-5)9-7-8-10(2)3;1-5-10-11(4,12-10)8-6-7-9(2)3;1-8(2)5-4-6-10(3)9(7-11)12-10;1-5-7-8-10(3,12-4)9(11)6-2;1-9(2)5-4-6-10(3)7-8-11/h10,14H,1,11-13H2,2-9H3;3-7,13-14,16H,8-11H2,1-2H3;8,11,13H,6-7,9H2,1-5H3;7,10H,5-6,8H2,1-4H3;5,9,11H,4,6-7H2,1-3H3;5,9,11H,1,6-8H2,2-4H3;5,7,11H,4,6,8H2,1-3H3/b;;;;;;10-7-/t14-,16-;13?,14?,15-;11-,12-;10-,11+;9-,10+;9-,10-;/m111111./s1. The van der Waals surface area contributed by atoms with E-state index in [0.29, 0.717) is 25.7 Å². The summed E-state index contributed by atoms with van der Waals surface area (Å²) >= 11 is 0. The van der Waals surface area contributed by atoms with Crippen LogP contribution in [0.4, 0.5) is 0 Å². The van der Waals surface area contributed by atoms with Crippen molar-refractivity contribution in [1.29, 1.82) is 0 Å². The fraction of sp³-hybridized carbons (Fsp3) is 0.762. The maximum atomic E-state index is 9.80. The highest BCUT2D eigenvalue weighted by Gasteiger charge is 2.51. The highest BCUT2D eigenvalue weighted by atomic mass is 28.4. The highest BCUT2D eigenvalue weighted by Crippen LogP contribution is 2.43. The number of aliphatic hydroxyl groups excluding tert-OH is 5. The van der Waals surface area contributed by atoms with Crippen molar-refractivity contribution in [1.82, 2.24) is 0 Å². The Morgan fingerprint density at radius 2 is 1.04 bits per heavy atom. The van der Waals surface area contributed by atoms with E-state index in [-0.39, 0.29) is 65.6 Å². The highest BCUT2D eigenvalue weighted by molar-refractivity contribution is 6.74. The number of aliphatic hydroxyl groups is 5. The van der Waals surface area contributed by atoms with E-state index in [1.54, 1.807) is 28.4 Å². The van der Waals surface area contributed by atoms with Crippen molar-refractivity contribution in [3.05, 3.63) is 119 Å². The van der Waals surface area contributed by atoms with Crippen LogP contribution in [0.25, 0.3) is 0 Å². The monoisotopic (exact) mass is 1420 g/mol. The predicted octanol–water partition coefficient (Wildman–Crippen LogP) is 20.2. The number of hydrogen-bond acceptors (Lipinski definition) is 14. The normalized spacial score (nSPS) is 23.4. The Balaban J connectivity index is -0.00000110. The molecule has 0 saturated carbocycles. The minimum Gasteiger partial charge on any atom is -0.411 e. The molecule has 0 bridgehead atoms. The first-order chi connectivity index (χ1) is 46.1. The molecule has 3 aliphatic heterocycles. The first-order valence-corrected chi connectivity index (χ1v) is 40.2. The summed E-state index contributed by atoms with van der Waals surface area (Å²) in [6, 6.07) is 9.99. The van der Waals surface area contributed by atoms with Gasteiger partial charge in [-0.05, 0) is 237 Å². The van der Waals surface area contributed by atoms with Crippen molar-refractivity contribution < 1.29 is 67.9 Å². The number of rotatable bonds is 37. The van der Waals surface area contributed by atoms with Gasteiger partial charge >= 0.3 is 0 Å². The molecule has 15 heteroatoms. The summed E-state index contributed by atoms with van der Waals surface area (Å²) in [6.07, 6.45) is 30.6. The van der Waals surface area contributed by atoms with Gasteiger partial charge in [0, 0.05) is 34.9 Å². The molecule has 3 saturated heterocycles. The van der Waals surface area contributed by atoms with Crippen molar-refractivity contribution in [3.8, 4) is 0 Å². The van der Waals surface area contributed by atoms with Crippen LogP contribution >= 0.6 is 0 Å². The van der Waals surface area contributed by atoms with Crippen LogP contribution in [0.5, 0.6) is 0 Å². The summed E-state index contributed by atoms with van der Waals surface area (Å²) in [7, 11) is 5.01. The Morgan fingerprint density at radius 3 is 1.41 bits per heavy atom. The van der Waals surface area contributed by atoms with Crippen molar-refractivity contribution in [2.45, 2.75) is 369 Å². The molecule has 0 amide bonds. The molecular weight excluding hydrogens is 1260 g/mol. The molecule has 1 aromatic rings. The van der Waals surface area contributed by atoms with Crippen LogP contribution in [0, 0.1) is 0 Å². The van der Waals surface area contributed by atoms with Gasteiger partial charge in [-0.25, -0.2) is 0 Å². The van der Waals surface area contributed by atoms with Gasteiger partial charge in [0.15, 0.2) is 14.6 Å². The van der Waals surface area contributed by atoms with E-state index in [9.17, 15) is 15.3 Å². The smallest absolute Gasteiger partial charge is 0.192 e. The van der Waals surface area contributed by atoms with Crippen molar-refractivity contribution in [2.75, 3.05) is 48.3 Å². The van der Waals surface area contributed by atoms with Crippen LogP contribution in [-0.2, 0) is 48.9 Å². The number of benzene rings is 1. The molecule has 580 valence electrons. The summed E-state index contributed by atoms with van der Waals surface area (Å²) in [5.74, 6) is 0. The molecule has 5 N–H and O–H groups in total. The largest absolute Gasteiger partial charge is 0.411 e. The average Bonchev–Trinajstić information content (AvgIpc) is 1.50. The van der Waals surface area contributed by atoms with E-state index >= 15 is 0 Å². The zero-order valence-electron chi connectivity index (χ0n) is 68.9. The molecule has 3 heterocycles. The fourth-order valence-corrected chi connectivity index (χ4v) is 12.3. The lowest BCUT2D eigenvalue weighted by Gasteiger charge is -2.44. The van der Waals surface area contributed by atoms with Crippen LogP contribution in [-0.4, -0.2) is 159 Å². The van der Waals surface area contributed by atoms with Crippen LogP contribution in [0.15, 0.2) is 114 Å². The van der Waals surface area contributed by atoms with E-state index in [0.717, 1.165) is 108 Å². The van der Waals surface area contributed by atoms with E-state index < -0.39 is 31.4 Å². The second kappa shape index (κ2) is 52.1. The van der Waals surface area contributed by atoms with E-state index in [1.807, 2.05) is 83.2 Å². The first kappa shape index (κ1) is 100. The van der Waals surface area contributed by atoms with Crippen LogP contribution in [0.3, 0.4) is 0 Å². The third kappa shape index (κ3) is 42.6. The Kier molecular flexibility index (Phi) is 52.7. The van der Waals surface area contributed by atoms with Gasteiger partial charge in [0.05, 0.1) is 84.4 Å². The fourth-order valence-electron chi connectivity index (χ4n) is 10.9. The molecule has 13 atom stereocenters. The molecule has 1 aromatic carbocycles. The third-order valence-corrected chi connectivity index (χ3v) is 24.5. The van der Waals surface area contributed by atoms with Gasteiger partial charge in [0.2, 0.25) is 0 Å². The molecule has 2 unspecified atom stereocenters. The summed E-state index contributed by atoms with van der Waals surface area (Å²) in [6.45, 7) is 59.7. The summed E-state index contributed by atoms with van der Waals surface area (Å²) < 4.78 is 50.8. The Bertz CT molecular complexity index is 2360. The zero-order valence-corrected chi connectivity index (χ0v) is 69.9. The zero-order chi connectivity index (χ0) is 76.9. The lowest BCUT2D eigenvalue weighted by atomic mass is 9.90. The SMILES string of the molecule is C=CCC[C@@](C)(OC)[C@@H](CC)O[Si](C)(C)C(C)(C)C.C=CCC[C@@](C)(OC)[C@H](O)CC.CC(C)=CCC/C(C)=C\CO.CC(C)=CCC[C@]1(C)O[C@@H]1CO.CC[C@@H](O)[C@@](C)(CCC=C(C)C)OC.CC[C@H]1O[C@@]1(C)CCC=C(C)C.CO[C@]1(C)CCC(O)OC1COCc1ccccc1. The molecule has 3 fully saturated rings. The van der Waals surface area contributed by atoms with Gasteiger partial charge < -0.3 is 67.9 Å². The minimum atomic E-state index is -1.76. The van der Waals surface area contributed by atoms with Gasteiger partial charge in [0.1, 0.15) is 12.2 Å². The lowest BCUT2D eigenvalue weighted by molar-refractivity contribution is -0.250. The molecule has 3 aliphatic rings. The molecular formula is C84H156O14Si. The van der Waals surface area contributed by atoms with E-state index in [4.69, 9.17) is 52.5 Å². The molecule has 4 rings (SSSR count).